The Labute approximate surface area is 118 Å². The maximum Gasteiger partial charge on any atom is 0.336 e. The molecule has 1 aromatic rings. The number of nitrogens with one attached hydrogen (secondary N) is 1. The summed E-state index contributed by atoms with van der Waals surface area (Å²) in [5.41, 5.74) is 0.209. The van der Waals surface area contributed by atoms with Crippen LogP contribution in [0.4, 0.5) is 0 Å². The highest BCUT2D eigenvalue weighted by atomic mass is 79.9. The molecule has 98 valence electrons. The molecule has 6 heteroatoms. The topological polar surface area (TPSA) is 66.4 Å². The van der Waals surface area contributed by atoms with Gasteiger partial charge >= 0.3 is 5.97 Å². The molecule has 0 bridgehead atoms. The zero-order valence-corrected chi connectivity index (χ0v) is 12.5. The molecule has 1 aromatic carbocycles. The van der Waals surface area contributed by atoms with Crippen LogP contribution in [0.15, 0.2) is 27.6 Å². The predicted octanol–water partition coefficient (Wildman–Crippen LogP) is 2.76. The summed E-state index contributed by atoms with van der Waals surface area (Å²) in [6.07, 6.45) is 0. The van der Waals surface area contributed by atoms with E-state index >= 15 is 0 Å². The van der Waals surface area contributed by atoms with Crippen molar-refractivity contribution >= 4 is 39.6 Å². The molecular weight excluding hydrogens is 318 g/mol. The Morgan fingerprint density at radius 1 is 1.44 bits per heavy atom. The number of thioether (sulfide) groups is 1. The zero-order chi connectivity index (χ0) is 13.7. The third kappa shape index (κ3) is 4.70. The Kier molecular flexibility index (Phi) is 5.68. The van der Waals surface area contributed by atoms with Crippen molar-refractivity contribution < 1.29 is 14.7 Å². The summed E-state index contributed by atoms with van der Waals surface area (Å²) in [4.78, 5) is 23.1. The maximum absolute atomic E-state index is 11.5. The summed E-state index contributed by atoms with van der Waals surface area (Å²) >= 11 is 4.50. The molecule has 0 saturated carbocycles. The molecule has 0 unspecified atom stereocenters. The number of carbonyl (C=O) groups excluding carboxylic acids is 1. The monoisotopic (exact) mass is 331 g/mol. The van der Waals surface area contributed by atoms with E-state index in [2.05, 4.69) is 21.2 Å². The molecule has 0 heterocycles. The molecule has 0 aliphatic rings. The van der Waals surface area contributed by atoms with Gasteiger partial charge in [-0.05, 0) is 32.0 Å². The van der Waals surface area contributed by atoms with Crippen molar-refractivity contribution in [2.45, 2.75) is 24.8 Å². The summed E-state index contributed by atoms with van der Waals surface area (Å²) < 4.78 is 0.791. The molecule has 0 spiro atoms. The molecule has 0 fully saturated rings. The van der Waals surface area contributed by atoms with Crippen LogP contribution < -0.4 is 5.32 Å². The lowest BCUT2D eigenvalue weighted by atomic mass is 10.2. The van der Waals surface area contributed by atoms with Gasteiger partial charge < -0.3 is 10.4 Å². The van der Waals surface area contributed by atoms with Crippen LogP contribution in [0.2, 0.25) is 0 Å². The molecule has 1 rings (SSSR count). The fourth-order valence-electron chi connectivity index (χ4n) is 1.30. The Hall–Kier alpha value is -1.01. The number of halogens is 1. The number of carbonyl (C=O) groups is 2. The molecule has 1 amide bonds. The molecule has 0 atom stereocenters. The van der Waals surface area contributed by atoms with Gasteiger partial charge in [0.2, 0.25) is 5.91 Å². The highest BCUT2D eigenvalue weighted by molar-refractivity contribution is 9.10. The van der Waals surface area contributed by atoms with Crippen LogP contribution in [0.1, 0.15) is 24.2 Å². The van der Waals surface area contributed by atoms with Gasteiger partial charge in [0.15, 0.2) is 0 Å². The second kappa shape index (κ2) is 6.80. The van der Waals surface area contributed by atoms with Crippen molar-refractivity contribution in [3.8, 4) is 0 Å². The van der Waals surface area contributed by atoms with E-state index in [4.69, 9.17) is 5.11 Å². The zero-order valence-electron chi connectivity index (χ0n) is 10.1. The van der Waals surface area contributed by atoms with Gasteiger partial charge in [-0.3, -0.25) is 4.79 Å². The molecule has 18 heavy (non-hydrogen) atoms. The minimum absolute atomic E-state index is 0.0829. The average Bonchev–Trinajstić information content (AvgIpc) is 2.25. The molecule has 4 nitrogen and oxygen atoms in total. The number of hydrogen-bond donors (Lipinski definition) is 2. The number of hydrogen-bond acceptors (Lipinski definition) is 3. The minimum Gasteiger partial charge on any atom is -0.478 e. The number of amides is 1. The van der Waals surface area contributed by atoms with Gasteiger partial charge in [-0.1, -0.05) is 15.9 Å². The number of carboxylic acid groups (broad SMARTS) is 1. The Morgan fingerprint density at radius 2 is 2.11 bits per heavy atom. The van der Waals surface area contributed by atoms with Gasteiger partial charge in [0.1, 0.15) is 0 Å². The van der Waals surface area contributed by atoms with Crippen LogP contribution in [0.3, 0.4) is 0 Å². The highest BCUT2D eigenvalue weighted by Gasteiger charge is 2.12. The lowest BCUT2D eigenvalue weighted by Crippen LogP contribution is -2.31. The summed E-state index contributed by atoms with van der Waals surface area (Å²) in [6.45, 7) is 3.76. The molecule has 0 radical (unpaired) electrons. The van der Waals surface area contributed by atoms with Crippen LogP contribution in [-0.4, -0.2) is 28.8 Å². The summed E-state index contributed by atoms with van der Waals surface area (Å²) in [5.74, 6) is -0.893. The van der Waals surface area contributed by atoms with E-state index in [0.29, 0.717) is 4.90 Å². The van der Waals surface area contributed by atoms with Crippen molar-refractivity contribution in [3.63, 3.8) is 0 Å². The van der Waals surface area contributed by atoms with E-state index in [-0.39, 0.29) is 23.3 Å². The van der Waals surface area contributed by atoms with Gasteiger partial charge in [-0.2, -0.15) is 0 Å². The molecule has 2 N–H and O–H groups in total. The largest absolute Gasteiger partial charge is 0.478 e. The lowest BCUT2D eigenvalue weighted by Gasteiger charge is -2.09. The summed E-state index contributed by atoms with van der Waals surface area (Å²) in [5, 5.41) is 11.8. The van der Waals surface area contributed by atoms with Gasteiger partial charge in [0, 0.05) is 15.4 Å². The normalized spacial score (nSPS) is 10.4. The molecule has 0 aliphatic carbocycles. The number of rotatable bonds is 5. The SMILES string of the molecule is CC(C)NC(=O)CSc1cc(Br)ccc1C(=O)O. The standard InChI is InChI=1S/C12H14BrNO3S/c1-7(2)14-11(15)6-18-10-5-8(13)3-4-9(10)12(16)17/h3-5,7H,6H2,1-2H3,(H,14,15)(H,16,17). The lowest BCUT2D eigenvalue weighted by molar-refractivity contribution is -0.119. The maximum atomic E-state index is 11.5. The van der Waals surface area contributed by atoms with Crippen LogP contribution in [0.25, 0.3) is 0 Å². The van der Waals surface area contributed by atoms with Gasteiger partial charge in [0.05, 0.1) is 11.3 Å². The first-order valence-electron chi connectivity index (χ1n) is 5.35. The second-order valence-corrected chi connectivity index (χ2v) is 5.89. The van der Waals surface area contributed by atoms with Crippen molar-refractivity contribution in [1.82, 2.24) is 5.32 Å². The smallest absolute Gasteiger partial charge is 0.336 e. The van der Waals surface area contributed by atoms with E-state index in [1.807, 2.05) is 13.8 Å². The second-order valence-electron chi connectivity index (χ2n) is 3.96. The van der Waals surface area contributed by atoms with Crippen molar-refractivity contribution in [3.05, 3.63) is 28.2 Å². The van der Waals surface area contributed by atoms with E-state index in [1.54, 1.807) is 12.1 Å². The van der Waals surface area contributed by atoms with Crippen molar-refractivity contribution in [2.24, 2.45) is 0 Å². The number of benzene rings is 1. The van der Waals surface area contributed by atoms with E-state index in [9.17, 15) is 9.59 Å². The van der Waals surface area contributed by atoms with Gasteiger partial charge in [0.25, 0.3) is 0 Å². The van der Waals surface area contributed by atoms with Crippen LogP contribution in [0, 0.1) is 0 Å². The summed E-state index contributed by atoms with van der Waals surface area (Å²) in [7, 11) is 0. The first kappa shape index (κ1) is 15.0. The van der Waals surface area contributed by atoms with Crippen LogP contribution in [-0.2, 0) is 4.79 Å². The Balaban J connectivity index is 2.74. The number of aromatic carboxylic acids is 1. The number of carboxylic acids is 1. The van der Waals surface area contributed by atoms with E-state index < -0.39 is 5.97 Å². The van der Waals surface area contributed by atoms with Crippen molar-refractivity contribution in [1.29, 1.82) is 0 Å². The fraction of sp³-hybridized carbons (Fsp3) is 0.333. The molecular formula is C12H14BrNO3S. The molecule has 0 saturated heterocycles. The Bertz CT molecular complexity index is 463. The van der Waals surface area contributed by atoms with Crippen LogP contribution in [0.5, 0.6) is 0 Å². The first-order valence-corrected chi connectivity index (χ1v) is 7.13. The third-order valence-electron chi connectivity index (χ3n) is 1.98. The quantitative estimate of drug-likeness (QED) is 0.814. The van der Waals surface area contributed by atoms with Gasteiger partial charge in [-0.15, -0.1) is 11.8 Å². The van der Waals surface area contributed by atoms with Crippen LogP contribution >= 0.6 is 27.7 Å². The molecule has 0 aliphatic heterocycles. The third-order valence-corrected chi connectivity index (χ3v) is 3.53. The average molecular weight is 332 g/mol. The first-order chi connectivity index (χ1) is 8.40. The fourth-order valence-corrected chi connectivity index (χ4v) is 2.70. The van der Waals surface area contributed by atoms with E-state index in [1.165, 1.54) is 17.8 Å². The van der Waals surface area contributed by atoms with E-state index in [0.717, 1.165) is 4.47 Å². The minimum atomic E-state index is -0.991. The Morgan fingerprint density at radius 3 is 2.67 bits per heavy atom. The van der Waals surface area contributed by atoms with Crippen molar-refractivity contribution in [2.75, 3.05) is 5.75 Å². The predicted molar refractivity (Wildman–Crippen MR) is 75.1 cm³/mol. The highest BCUT2D eigenvalue weighted by Crippen LogP contribution is 2.26. The van der Waals surface area contributed by atoms with Gasteiger partial charge in [-0.25, -0.2) is 4.79 Å². The summed E-state index contributed by atoms with van der Waals surface area (Å²) in [6, 6.07) is 4.98. The molecule has 0 aromatic heterocycles.